The molecule has 0 bridgehead atoms. The van der Waals surface area contributed by atoms with Crippen LogP contribution >= 0.6 is 0 Å². The number of ether oxygens (including phenoxy) is 2. The van der Waals surface area contributed by atoms with E-state index in [1.54, 1.807) is 0 Å². The van der Waals surface area contributed by atoms with Gasteiger partial charge in [0.15, 0.2) is 11.3 Å². The molecule has 0 fully saturated rings. The van der Waals surface area contributed by atoms with Crippen molar-refractivity contribution >= 4 is 21.9 Å². The molecule has 4 rings (SSSR count). The Morgan fingerprint density at radius 3 is 2.56 bits per heavy atom. The molecule has 2 N–H and O–H groups in total. The number of aromatic hydroxyl groups is 2. The summed E-state index contributed by atoms with van der Waals surface area (Å²) in [7, 11) is 1.39. The molecule has 0 spiro atoms. The molecule has 25 heavy (non-hydrogen) atoms. The van der Waals surface area contributed by atoms with Crippen LogP contribution in [-0.4, -0.2) is 23.4 Å². The lowest BCUT2D eigenvalue weighted by Crippen LogP contribution is -2.29. The molecule has 2 heterocycles. The zero-order valence-electron chi connectivity index (χ0n) is 14.3. The minimum absolute atomic E-state index is 0.0818. The maximum atomic E-state index is 13.0. The van der Waals surface area contributed by atoms with Crippen LogP contribution in [0.15, 0.2) is 27.4 Å². The fraction of sp³-hybridized carbons (Fsp3) is 0.316. The Hall–Kier alpha value is -2.89. The normalized spacial score (nSPS) is 18.3. The van der Waals surface area contributed by atoms with Crippen molar-refractivity contribution in [2.24, 2.45) is 0 Å². The highest BCUT2D eigenvalue weighted by atomic mass is 16.5. The van der Waals surface area contributed by atoms with Gasteiger partial charge in [0, 0.05) is 17.0 Å². The van der Waals surface area contributed by atoms with Gasteiger partial charge in [0.1, 0.15) is 28.6 Å². The SMILES string of the molecule is COc1c(O)ccc2c(=O)c3c(O)cc4c(c3oc12)C(C)(C)[C@H](C)O4. The third-order valence-electron chi connectivity index (χ3n) is 5.16. The van der Waals surface area contributed by atoms with Gasteiger partial charge in [-0.05, 0) is 19.1 Å². The number of hydrogen-bond donors (Lipinski definition) is 2. The van der Waals surface area contributed by atoms with E-state index in [1.807, 2.05) is 20.8 Å². The first-order valence-electron chi connectivity index (χ1n) is 7.97. The summed E-state index contributed by atoms with van der Waals surface area (Å²) in [6.45, 7) is 5.90. The summed E-state index contributed by atoms with van der Waals surface area (Å²) in [5, 5.41) is 20.7. The van der Waals surface area contributed by atoms with Crippen molar-refractivity contribution in [1.82, 2.24) is 0 Å². The zero-order chi connectivity index (χ0) is 18.1. The molecular formula is C19H18O6. The molecule has 0 aliphatic carbocycles. The van der Waals surface area contributed by atoms with Crippen molar-refractivity contribution in [3.8, 4) is 23.0 Å². The molecular weight excluding hydrogens is 324 g/mol. The van der Waals surface area contributed by atoms with Crippen LogP contribution < -0.4 is 14.9 Å². The summed E-state index contributed by atoms with van der Waals surface area (Å²) in [6.07, 6.45) is -0.153. The Morgan fingerprint density at radius 1 is 1.16 bits per heavy atom. The van der Waals surface area contributed by atoms with Gasteiger partial charge in [-0.2, -0.15) is 0 Å². The van der Waals surface area contributed by atoms with E-state index in [9.17, 15) is 15.0 Å². The van der Waals surface area contributed by atoms with Crippen molar-refractivity contribution in [2.45, 2.75) is 32.3 Å². The van der Waals surface area contributed by atoms with E-state index in [0.717, 1.165) is 5.56 Å². The van der Waals surface area contributed by atoms with Gasteiger partial charge in [0.2, 0.25) is 11.2 Å². The Bertz CT molecular complexity index is 1090. The monoisotopic (exact) mass is 342 g/mol. The lowest BCUT2D eigenvalue weighted by atomic mass is 9.81. The first-order valence-corrected chi connectivity index (χ1v) is 7.97. The lowest BCUT2D eigenvalue weighted by Gasteiger charge is -2.22. The van der Waals surface area contributed by atoms with Crippen LogP contribution in [0.25, 0.3) is 21.9 Å². The number of fused-ring (bicyclic) bond motifs is 4. The number of hydrogen-bond acceptors (Lipinski definition) is 6. The number of phenols is 2. The van der Waals surface area contributed by atoms with Crippen LogP contribution in [0.2, 0.25) is 0 Å². The van der Waals surface area contributed by atoms with E-state index in [0.29, 0.717) is 5.75 Å². The van der Waals surface area contributed by atoms with Crippen LogP contribution in [0.1, 0.15) is 26.3 Å². The van der Waals surface area contributed by atoms with Gasteiger partial charge in [-0.25, -0.2) is 0 Å². The Kier molecular flexibility index (Phi) is 3.01. The summed E-state index contributed by atoms with van der Waals surface area (Å²) in [5.41, 5.74) is 0.311. The molecule has 3 aromatic rings. The summed E-state index contributed by atoms with van der Waals surface area (Å²) in [6, 6.07) is 4.28. The lowest BCUT2D eigenvalue weighted by molar-refractivity contribution is 0.185. The number of rotatable bonds is 1. The average molecular weight is 342 g/mol. The smallest absolute Gasteiger partial charge is 0.204 e. The van der Waals surface area contributed by atoms with Crippen molar-refractivity contribution in [2.75, 3.05) is 7.11 Å². The molecule has 130 valence electrons. The standard InChI is InChI=1S/C19H18O6/c1-8-19(2,3)14-12(24-8)7-11(21)13-15(22)9-5-6-10(20)17(23-4)16(9)25-18(13)14/h5-8,20-21H,1-4H3/t8-/m0/s1. The van der Waals surface area contributed by atoms with E-state index in [1.165, 1.54) is 25.3 Å². The molecule has 1 aromatic heterocycles. The predicted molar refractivity (Wildman–Crippen MR) is 93.0 cm³/mol. The summed E-state index contributed by atoms with van der Waals surface area (Å²) in [5.74, 6) is 0.252. The van der Waals surface area contributed by atoms with E-state index in [-0.39, 0.29) is 50.7 Å². The first-order chi connectivity index (χ1) is 11.8. The molecule has 0 saturated heterocycles. The number of benzene rings is 2. The van der Waals surface area contributed by atoms with Crippen molar-refractivity contribution in [3.05, 3.63) is 34.0 Å². The van der Waals surface area contributed by atoms with Crippen LogP contribution in [0, 0.1) is 0 Å². The highest BCUT2D eigenvalue weighted by molar-refractivity contribution is 5.98. The quantitative estimate of drug-likeness (QED) is 0.659. The molecule has 2 aromatic carbocycles. The van der Waals surface area contributed by atoms with Gasteiger partial charge < -0.3 is 24.1 Å². The highest BCUT2D eigenvalue weighted by Crippen LogP contribution is 2.49. The molecule has 0 radical (unpaired) electrons. The summed E-state index contributed by atoms with van der Waals surface area (Å²) >= 11 is 0. The van der Waals surface area contributed by atoms with E-state index >= 15 is 0 Å². The second-order valence-electron chi connectivity index (χ2n) is 6.88. The topological polar surface area (TPSA) is 89.1 Å². The summed E-state index contributed by atoms with van der Waals surface area (Å²) in [4.78, 5) is 13.0. The van der Waals surface area contributed by atoms with Crippen molar-refractivity contribution in [3.63, 3.8) is 0 Å². The Labute approximate surface area is 143 Å². The van der Waals surface area contributed by atoms with Crippen molar-refractivity contribution in [1.29, 1.82) is 0 Å². The van der Waals surface area contributed by atoms with Gasteiger partial charge in [0.05, 0.1) is 12.5 Å². The predicted octanol–water partition coefficient (Wildman–Crippen LogP) is 3.42. The zero-order valence-corrected chi connectivity index (χ0v) is 14.3. The first kappa shape index (κ1) is 15.6. The van der Waals surface area contributed by atoms with E-state index in [4.69, 9.17) is 13.9 Å². The molecule has 6 nitrogen and oxygen atoms in total. The number of methoxy groups -OCH3 is 1. The molecule has 1 aliphatic heterocycles. The van der Waals surface area contributed by atoms with Crippen molar-refractivity contribution < 1.29 is 24.1 Å². The highest BCUT2D eigenvalue weighted by Gasteiger charge is 2.42. The Balaban J connectivity index is 2.27. The van der Waals surface area contributed by atoms with E-state index in [2.05, 4.69) is 0 Å². The van der Waals surface area contributed by atoms with Crippen LogP contribution in [0.4, 0.5) is 0 Å². The second-order valence-corrected chi connectivity index (χ2v) is 6.88. The molecule has 1 aliphatic rings. The summed E-state index contributed by atoms with van der Waals surface area (Å²) < 4.78 is 17.1. The fourth-order valence-electron chi connectivity index (χ4n) is 3.45. The van der Waals surface area contributed by atoms with E-state index < -0.39 is 5.41 Å². The van der Waals surface area contributed by atoms with Gasteiger partial charge in [-0.15, -0.1) is 0 Å². The van der Waals surface area contributed by atoms with Gasteiger partial charge in [-0.3, -0.25) is 4.79 Å². The average Bonchev–Trinajstić information content (AvgIpc) is 2.76. The van der Waals surface area contributed by atoms with Gasteiger partial charge >= 0.3 is 0 Å². The third-order valence-corrected chi connectivity index (χ3v) is 5.16. The molecule has 6 heteroatoms. The molecule has 0 unspecified atom stereocenters. The van der Waals surface area contributed by atoms with Gasteiger partial charge in [-0.1, -0.05) is 13.8 Å². The Morgan fingerprint density at radius 2 is 1.88 bits per heavy atom. The third kappa shape index (κ3) is 1.88. The van der Waals surface area contributed by atoms with Crippen LogP contribution in [0.3, 0.4) is 0 Å². The second kappa shape index (κ2) is 4.81. The largest absolute Gasteiger partial charge is 0.507 e. The number of phenolic OH excluding ortho intramolecular Hbond substituents is 2. The maximum Gasteiger partial charge on any atom is 0.204 e. The van der Waals surface area contributed by atoms with Crippen LogP contribution in [-0.2, 0) is 5.41 Å². The fourth-order valence-corrected chi connectivity index (χ4v) is 3.45. The molecule has 1 atom stereocenters. The minimum atomic E-state index is -0.422. The maximum absolute atomic E-state index is 13.0. The molecule has 0 saturated carbocycles. The van der Waals surface area contributed by atoms with Gasteiger partial charge in [0.25, 0.3) is 0 Å². The minimum Gasteiger partial charge on any atom is -0.507 e. The van der Waals surface area contributed by atoms with Crippen LogP contribution in [0.5, 0.6) is 23.0 Å². The molecule has 0 amide bonds.